The first kappa shape index (κ1) is 31.6. The normalized spacial score (nSPS) is 13.1. The molecule has 0 amide bonds. The van der Waals surface area contributed by atoms with E-state index in [1.54, 1.807) is 0 Å². The van der Waals surface area contributed by atoms with Gasteiger partial charge in [0.1, 0.15) is 0 Å². The molecule has 0 atom stereocenters. The second-order valence-electron chi connectivity index (χ2n) is 15.3. The third kappa shape index (κ3) is 4.68. The van der Waals surface area contributed by atoms with E-state index in [9.17, 15) is 0 Å². The Hall–Kier alpha value is -6.90. The zero-order valence-corrected chi connectivity index (χ0v) is 30.9. The first-order valence-electron chi connectivity index (χ1n) is 19.2. The quantitative estimate of drug-likeness (QED) is 0.173. The Morgan fingerprint density at radius 2 is 1.02 bits per heavy atom. The van der Waals surface area contributed by atoms with Gasteiger partial charge in [0.15, 0.2) is 0 Å². The van der Waals surface area contributed by atoms with Gasteiger partial charge in [-0.25, -0.2) is 0 Å². The van der Waals surface area contributed by atoms with Gasteiger partial charge in [-0.2, -0.15) is 0 Å². The number of benzene rings is 9. The molecule has 55 heavy (non-hydrogen) atoms. The van der Waals surface area contributed by atoms with Crippen LogP contribution in [0.1, 0.15) is 25.0 Å². The summed E-state index contributed by atoms with van der Waals surface area (Å²) < 4.78 is 2.50. The van der Waals surface area contributed by atoms with E-state index in [-0.39, 0.29) is 5.41 Å². The fourth-order valence-electron chi connectivity index (χ4n) is 9.45. The first-order valence-corrected chi connectivity index (χ1v) is 19.2. The lowest BCUT2D eigenvalue weighted by molar-refractivity contribution is 0.660. The average molecular weight is 703 g/mol. The van der Waals surface area contributed by atoms with Crippen LogP contribution in [-0.2, 0) is 5.41 Å². The monoisotopic (exact) mass is 702 g/mol. The van der Waals surface area contributed by atoms with Crippen LogP contribution in [0.3, 0.4) is 0 Å². The fraction of sp³-hybridized carbons (Fsp3) is 0.0566. The molecule has 9 aromatic carbocycles. The minimum absolute atomic E-state index is 0.115. The van der Waals surface area contributed by atoms with Gasteiger partial charge in [-0.1, -0.05) is 159 Å². The molecule has 0 N–H and O–H groups in total. The van der Waals surface area contributed by atoms with E-state index < -0.39 is 0 Å². The van der Waals surface area contributed by atoms with Crippen LogP contribution in [0.5, 0.6) is 0 Å². The standard InChI is InChI=1S/C53H38N2/c1-53(2)45-26-11-10-23-42(45)43-32-31-38(34-46(43)53)54(37-19-4-3-5-20-37)47-27-12-13-28-48(47)55-49-29-15-25-44(41-24-14-18-35-16-6-8-21-39(35)41)52(49)51-40-22-9-7-17-36(40)30-33-50(51)55/h3-34H,1-2H3. The maximum atomic E-state index is 2.50. The molecule has 0 saturated carbocycles. The third-order valence-electron chi connectivity index (χ3n) is 12.0. The molecule has 1 aliphatic carbocycles. The fourth-order valence-corrected chi connectivity index (χ4v) is 9.45. The lowest BCUT2D eigenvalue weighted by atomic mass is 9.82. The van der Waals surface area contributed by atoms with E-state index in [1.165, 1.54) is 76.7 Å². The Kier molecular flexibility index (Phi) is 6.93. The topological polar surface area (TPSA) is 8.17 Å². The van der Waals surface area contributed by atoms with E-state index in [1.807, 2.05) is 0 Å². The van der Waals surface area contributed by atoms with Gasteiger partial charge in [0, 0.05) is 27.6 Å². The van der Waals surface area contributed by atoms with Gasteiger partial charge in [-0.3, -0.25) is 0 Å². The number of fused-ring (bicyclic) bond motifs is 9. The Labute approximate surface area is 321 Å². The molecule has 2 nitrogen and oxygen atoms in total. The molecule has 0 saturated heterocycles. The molecule has 1 aliphatic rings. The van der Waals surface area contributed by atoms with Crippen LogP contribution in [0.15, 0.2) is 194 Å². The summed E-state index contributed by atoms with van der Waals surface area (Å²) in [5.74, 6) is 0. The van der Waals surface area contributed by atoms with Crippen molar-refractivity contribution in [2.24, 2.45) is 0 Å². The summed E-state index contributed by atoms with van der Waals surface area (Å²) in [5.41, 5.74) is 14.6. The molecule has 11 rings (SSSR count). The summed E-state index contributed by atoms with van der Waals surface area (Å²) >= 11 is 0. The highest BCUT2D eigenvalue weighted by Crippen LogP contribution is 2.51. The largest absolute Gasteiger partial charge is 0.308 e. The van der Waals surface area contributed by atoms with Crippen LogP contribution in [0.4, 0.5) is 17.1 Å². The summed E-state index contributed by atoms with van der Waals surface area (Å²) in [4.78, 5) is 2.45. The van der Waals surface area contributed by atoms with Crippen LogP contribution >= 0.6 is 0 Å². The van der Waals surface area contributed by atoms with Crippen molar-refractivity contribution in [2.75, 3.05) is 4.90 Å². The van der Waals surface area contributed by atoms with Crippen LogP contribution in [0.25, 0.3) is 71.3 Å². The summed E-state index contributed by atoms with van der Waals surface area (Å²) in [6, 6.07) is 71.4. The minimum Gasteiger partial charge on any atom is -0.308 e. The number of anilines is 3. The zero-order chi connectivity index (χ0) is 36.7. The van der Waals surface area contributed by atoms with Crippen molar-refractivity contribution in [2.45, 2.75) is 19.3 Å². The molecular weight excluding hydrogens is 665 g/mol. The maximum Gasteiger partial charge on any atom is 0.0702 e. The Morgan fingerprint density at radius 3 is 1.89 bits per heavy atom. The highest BCUT2D eigenvalue weighted by Gasteiger charge is 2.36. The molecule has 0 spiro atoms. The molecule has 0 fully saturated rings. The van der Waals surface area contributed by atoms with Crippen molar-refractivity contribution < 1.29 is 0 Å². The molecule has 1 aromatic heterocycles. The molecular formula is C53H38N2. The molecule has 0 bridgehead atoms. The van der Waals surface area contributed by atoms with Crippen LogP contribution in [0, 0.1) is 0 Å². The molecule has 260 valence electrons. The number of rotatable bonds is 5. The van der Waals surface area contributed by atoms with Crippen molar-refractivity contribution in [3.8, 4) is 27.9 Å². The summed E-state index contributed by atoms with van der Waals surface area (Å²) in [5, 5.41) is 7.54. The summed E-state index contributed by atoms with van der Waals surface area (Å²) in [6.07, 6.45) is 0. The molecule has 10 aromatic rings. The highest BCUT2D eigenvalue weighted by molar-refractivity contribution is 6.26. The van der Waals surface area contributed by atoms with E-state index in [0.29, 0.717) is 0 Å². The van der Waals surface area contributed by atoms with E-state index in [0.717, 1.165) is 22.7 Å². The van der Waals surface area contributed by atoms with Crippen molar-refractivity contribution in [3.63, 3.8) is 0 Å². The van der Waals surface area contributed by atoms with Crippen molar-refractivity contribution in [1.82, 2.24) is 4.57 Å². The summed E-state index contributed by atoms with van der Waals surface area (Å²) in [7, 11) is 0. The van der Waals surface area contributed by atoms with Gasteiger partial charge in [0.05, 0.1) is 22.4 Å². The molecule has 0 radical (unpaired) electrons. The van der Waals surface area contributed by atoms with Crippen LogP contribution < -0.4 is 4.90 Å². The number of aromatic nitrogens is 1. The Bertz CT molecular complexity index is 3120. The predicted octanol–water partition coefficient (Wildman–Crippen LogP) is 14.5. The molecule has 0 unspecified atom stereocenters. The van der Waals surface area contributed by atoms with Gasteiger partial charge in [0.25, 0.3) is 0 Å². The Morgan fingerprint density at radius 1 is 0.400 bits per heavy atom. The van der Waals surface area contributed by atoms with Gasteiger partial charge in [0.2, 0.25) is 0 Å². The van der Waals surface area contributed by atoms with Crippen molar-refractivity contribution in [3.05, 3.63) is 205 Å². The SMILES string of the molecule is CC1(C)c2ccccc2-c2ccc(N(c3ccccc3)c3ccccc3-n3c4cccc(-c5cccc6ccccc56)c4c4c5ccccc5ccc43)cc21. The summed E-state index contributed by atoms with van der Waals surface area (Å²) in [6.45, 7) is 4.72. The lowest BCUT2D eigenvalue weighted by Crippen LogP contribution is -2.17. The van der Waals surface area contributed by atoms with Crippen molar-refractivity contribution in [1.29, 1.82) is 0 Å². The number of hydrogen-bond donors (Lipinski definition) is 0. The molecule has 0 aliphatic heterocycles. The first-order chi connectivity index (χ1) is 27.1. The van der Waals surface area contributed by atoms with E-state index in [4.69, 9.17) is 0 Å². The predicted molar refractivity (Wildman–Crippen MR) is 233 cm³/mol. The van der Waals surface area contributed by atoms with Gasteiger partial charge < -0.3 is 9.47 Å². The molecule has 1 heterocycles. The third-order valence-corrected chi connectivity index (χ3v) is 12.0. The second kappa shape index (κ2) is 12.1. The molecule has 2 heteroatoms. The highest BCUT2D eigenvalue weighted by atomic mass is 15.2. The van der Waals surface area contributed by atoms with Gasteiger partial charge in [-0.15, -0.1) is 0 Å². The minimum atomic E-state index is -0.115. The average Bonchev–Trinajstić information content (AvgIpc) is 3.70. The van der Waals surface area contributed by atoms with E-state index >= 15 is 0 Å². The van der Waals surface area contributed by atoms with Crippen LogP contribution in [-0.4, -0.2) is 4.57 Å². The van der Waals surface area contributed by atoms with Crippen LogP contribution in [0.2, 0.25) is 0 Å². The van der Waals surface area contributed by atoms with Gasteiger partial charge >= 0.3 is 0 Å². The zero-order valence-electron chi connectivity index (χ0n) is 30.9. The lowest BCUT2D eigenvalue weighted by Gasteiger charge is -2.30. The second-order valence-corrected chi connectivity index (χ2v) is 15.3. The smallest absolute Gasteiger partial charge is 0.0702 e. The number of para-hydroxylation sites is 3. The Balaban J connectivity index is 1.21. The van der Waals surface area contributed by atoms with Crippen molar-refractivity contribution >= 4 is 60.4 Å². The van der Waals surface area contributed by atoms with Gasteiger partial charge in [-0.05, 0) is 103 Å². The van der Waals surface area contributed by atoms with E-state index in [2.05, 4.69) is 217 Å². The number of nitrogens with zero attached hydrogens (tertiary/aromatic N) is 2. The number of hydrogen-bond acceptors (Lipinski definition) is 1. The maximum absolute atomic E-state index is 2.50.